The van der Waals surface area contributed by atoms with Gasteiger partial charge in [-0.2, -0.15) is 0 Å². The molecule has 1 amide bonds. The molecule has 0 aliphatic carbocycles. The molecule has 1 aromatic carbocycles. The first kappa shape index (κ1) is 19.0. The van der Waals surface area contributed by atoms with Crippen molar-refractivity contribution in [3.05, 3.63) is 23.8 Å². The van der Waals surface area contributed by atoms with Crippen molar-refractivity contribution in [3.63, 3.8) is 0 Å². The lowest BCUT2D eigenvalue weighted by Crippen LogP contribution is -2.48. The summed E-state index contributed by atoms with van der Waals surface area (Å²) in [5, 5.41) is 0. The van der Waals surface area contributed by atoms with E-state index < -0.39 is 6.10 Å². The van der Waals surface area contributed by atoms with Crippen molar-refractivity contribution in [2.24, 2.45) is 0 Å². The SMILES string of the molecule is COc1ccc(C(C)=O)c(O[C@@H](C)C(=O)N(C(C)C)C(C)C)c1. The van der Waals surface area contributed by atoms with E-state index >= 15 is 0 Å². The van der Waals surface area contributed by atoms with Gasteiger partial charge in [-0.25, -0.2) is 0 Å². The summed E-state index contributed by atoms with van der Waals surface area (Å²) in [7, 11) is 1.54. The molecule has 128 valence electrons. The first-order chi connectivity index (χ1) is 10.7. The molecule has 1 rings (SSSR count). The van der Waals surface area contributed by atoms with Crippen molar-refractivity contribution in [1.82, 2.24) is 4.90 Å². The van der Waals surface area contributed by atoms with Gasteiger partial charge < -0.3 is 14.4 Å². The second-order valence-corrected chi connectivity index (χ2v) is 6.11. The van der Waals surface area contributed by atoms with E-state index in [2.05, 4.69) is 0 Å². The van der Waals surface area contributed by atoms with Crippen molar-refractivity contribution < 1.29 is 19.1 Å². The zero-order valence-electron chi connectivity index (χ0n) is 15.0. The van der Waals surface area contributed by atoms with Gasteiger partial charge in [0.1, 0.15) is 11.5 Å². The average molecular weight is 321 g/mol. The highest BCUT2D eigenvalue weighted by molar-refractivity contribution is 5.97. The molecule has 0 heterocycles. The van der Waals surface area contributed by atoms with Crippen LogP contribution < -0.4 is 9.47 Å². The van der Waals surface area contributed by atoms with E-state index in [1.54, 1.807) is 37.1 Å². The predicted molar refractivity (Wildman–Crippen MR) is 90.2 cm³/mol. The Morgan fingerprint density at radius 2 is 1.61 bits per heavy atom. The molecule has 0 saturated heterocycles. The molecular weight excluding hydrogens is 294 g/mol. The Hall–Kier alpha value is -2.04. The third kappa shape index (κ3) is 4.71. The highest BCUT2D eigenvalue weighted by atomic mass is 16.5. The normalized spacial score (nSPS) is 12.2. The molecule has 0 bridgehead atoms. The van der Waals surface area contributed by atoms with Crippen molar-refractivity contribution in [1.29, 1.82) is 0 Å². The van der Waals surface area contributed by atoms with E-state index in [1.807, 2.05) is 27.7 Å². The molecular formula is C18H27NO4. The fourth-order valence-electron chi connectivity index (χ4n) is 2.57. The van der Waals surface area contributed by atoms with E-state index in [9.17, 15) is 9.59 Å². The summed E-state index contributed by atoms with van der Waals surface area (Å²) in [6.45, 7) is 11.0. The number of hydrogen-bond acceptors (Lipinski definition) is 4. The van der Waals surface area contributed by atoms with E-state index in [1.165, 1.54) is 6.92 Å². The number of nitrogens with zero attached hydrogens (tertiary/aromatic N) is 1. The molecule has 23 heavy (non-hydrogen) atoms. The van der Waals surface area contributed by atoms with Gasteiger partial charge in [0.2, 0.25) is 0 Å². The van der Waals surface area contributed by atoms with E-state index in [0.717, 1.165) is 0 Å². The zero-order chi connectivity index (χ0) is 17.7. The van der Waals surface area contributed by atoms with E-state index in [4.69, 9.17) is 9.47 Å². The molecule has 1 atom stereocenters. The van der Waals surface area contributed by atoms with Gasteiger partial charge in [-0.3, -0.25) is 9.59 Å². The summed E-state index contributed by atoms with van der Waals surface area (Å²) in [5.41, 5.74) is 0.436. The van der Waals surface area contributed by atoms with Gasteiger partial charge in [-0.05, 0) is 53.7 Å². The number of carbonyl (C=O) groups excluding carboxylic acids is 2. The number of benzene rings is 1. The van der Waals surface area contributed by atoms with Crippen LogP contribution >= 0.6 is 0 Å². The van der Waals surface area contributed by atoms with Gasteiger partial charge in [-0.15, -0.1) is 0 Å². The maximum atomic E-state index is 12.7. The van der Waals surface area contributed by atoms with E-state index in [-0.39, 0.29) is 23.8 Å². The third-order valence-corrected chi connectivity index (χ3v) is 3.59. The van der Waals surface area contributed by atoms with Crippen LogP contribution in [0.1, 0.15) is 51.9 Å². The fraction of sp³-hybridized carbons (Fsp3) is 0.556. The second-order valence-electron chi connectivity index (χ2n) is 6.11. The minimum atomic E-state index is -0.690. The van der Waals surface area contributed by atoms with Crippen molar-refractivity contribution in [3.8, 4) is 11.5 Å². The molecule has 0 aromatic heterocycles. The molecule has 0 aliphatic heterocycles. The number of carbonyl (C=O) groups is 2. The number of Topliss-reactive ketones (excluding diaryl/α,β-unsaturated/α-hetero) is 1. The molecule has 1 aromatic rings. The Morgan fingerprint density at radius 1 is 1.04 bits per heavy atom. The molecule has 0 fully saturated rings. The lowest BCUT2D eigenvalue weighted by atomic mass is 10.1. The first-order valence-electron chi connectivity index (χ1n) is 7.86. The van der Waals surface area contributed by atoms with Crippen LogP contribution in [-0.2, 0) is 4.79 Å². The van der Waals surface area contributed by atoms with Crippen molar-refractivity contribution in [2.75, 3.05) is 7.11 Å². The third-order valence-electron chi connectivity index (χ3n) is 3.59. The fourth-order valence-corrected chi connectivity index (χ4v) is 2.57. The van der Waals surface area contributed by atoms with Gasteiger partial charge in [0.25, 0.3) is 5.91 Å². The Kier molecular flexibility index (Phi) is 6.61. The van der Waals surface area contributed by atoms with Crippen LogP contribution in [0.3, 0.4) is 0 Å². The van der Waals surface area contributed by atoms with Crippen LogP contribution in [0.2, 0.25) is 0 Å². The number of methoxy groups -OCH3 is 1. The van der Waals surface area contributed by atoms with Gasteiger partial charge in [0.15, 0.2) is 11.9 Å². The monoisotopic (exact) mass is 321 g/mol. The molecule has 0 N–H and O–H groups in total. The van der Waals surface area contributed by atoms with Gasteiger partial charge >= 0.3 is 0 Å². The largest absolute Gasteiger partial charge is 0.497 e. The molecule has 0 radical (unpaired) electrons. The zero-order valence-corrected chi connectivity index (χ0v) is 15.0. The lowest BCUT2D eigenvalue weighted by molar-refractivity contribution is -0.141. The average Bonchev–Trinajstić information content (AvgIpc) is 2.45. The Labute approximate surface area is 138 Å². The van der Waals surface area contributed by atoms with Crippen LogP contribution in [0.4, 0.5) is 0 Å². The number of amides is 1. The molecule has 0 saturated carbocycles. The van der Waals surface area contributed by atoms with Gasteiger partial charge in [0, 0.05) is 18.2 Å². The highest BCUT2D eigenvalue weighted by Crippen LogP contribution is 2.26. The predicted octanol–water partition coefficient (Wildman–Crippen LogP) is 3.31. The highest BCUT2D eigenvalue weighted by Gasteiger charge is 2.27. The van der Waals surface area contributed by atoms with Gasteiger partial charge in [-0.1, -0.05) is 0 Å². The Balaban J connectivity index is 3.06. The maximum Gasteiger partial charge on any atom is 0.263 e. The summed E-state index contributed by atoms with van der Waals surface area (Å²) in [5.74, 6) is 0.721. The maximum absolute atomic E-state index is 12.7. The molecule has 5 heteroatoms. The Bertz CT molecular complexity index is 558. The summed E-state index contributed by atoms with van der Waals surface area (Å²) >= 11 is 0. The molecule has 0 aliphatic rings. The van der Waals surface area contributed by atoms with Crippen molar-refractivity contribution in [2.45, 2.75) is 59.7 Å². The van der Waals surface area contributed by atoms with Crippen LogP contribution in [0.5, 0.6) is 11.5 Å². The second kappa shape index (κ2) is 7.99. The van der Waals surface area contributed by atoms with Crippen LogP contribution in [0.25, 0.3) is 0 Å². The van der Waals surface area contributed by atoms with Crippen LogP contribution in [0.15, 0.2) is 18.2 Å². The molecule has 0 unspecified atom stereocenters. The minimum absolute atomic E-state index is 0.0751. The summed E-state index contributed by atoms with van der Waals surface area (Å²) in [6, 6.07) is 5.13. The quantitative estimate of drug-likeness (QED) is 0.723. The Morgan fingerprint density at radius 3 is 2.04 bits per heavy atom. The summed E-state index contributed by atoms with van der Waals surface area (Å²) in [4.78, 5) is 26.2. The number of ketones is 1. The topological polar surface area (TPSA) is 55.8 Å². The first-order valence-corrected chi connectivity index (χ1v) is 7.86. The number of hydrogen-bond donors (Lipinski definition) is 0. The van der Waals surface area contributed by atoms with Crippen molar-refractivity contribution >= 4 is 11.7 Å². The van der Waals surface area contributed by atoms with Crippen LogP contribution in [-0.4, -0.2) is 41.9 Å². The molecule has 5 nitrogen and oxygen atoms in total. The summed E-state index contributed by atoms with van der Waals surface area (Å²) < 4.78 is 11.0. The molecule has 0 spiro atoms. The number of ether oxygens (including phenoxy) is 2. The standard InChI is InChI=1S/C18H27NO4/c1-11(2)19(12(3)4)18(21)14(6)23-17-10-15(22-7)8-9-16(17)13(5)20/h8-12,14H,1-7H3/t14-/m0/s1. The number of rotatable bonds is 7. The minimum Gasteiger partial charge on any atom is -0.497 e. The van der Waals surface area contributed by atoms with E-state index in [0.29, 0.717) is 17.1 Å². The lowest BCUT2D eigenvalue weighted by Gasteiger charge is -2.33. The van der Waals surface area contributed by atoms with Gasteiger partial charge in [0.05, 0.1) is 12.7 Å². The smallest absolute Gasteiger partial charge is 0.263 e. The van der Waals surface area contributed by atoms with Crippen LogP contribution in [0, 0.1) is 0 Å². The summed E-state index contributed by atoms with van der Waals surface area (Å²) in [6.07, 6.45) is -0.690.